The van der Waals surface area contributed by atoms with Gasteiger partial charge in [0, 0.05) is 31.5 Å². The first-order valence-corrected chi connectivity index (χ1v) is 18.4. The quantitative estimate of drug-likeness (QED) is 0.0289. The summed E-state index contributed by atoms with van der Waals surface area (Å²) < 4.78 is 5.39. The van der Waals surface area contributed by atoms with Crippen molar-refractivity contribution in [2.75, 3.05) is 44.9 Å². The molecule has 0 bridgehead atoms. The number of benzene rings is 1. The number of carbonyl (C=O) groups excluding carboxylic acids is 5. The van der Waals surface area contributed by atoms with Crippen LogP contribution in [0.5, 0.6) is 0 Å². The lowest BCUT2D eigenvalue weighted by atomic mass is 9.79. The van der Waals surface area contributed by atoms with Crippen LogP contribution in [0.1, 0.15) is 58.4 Å². The van der Waals surface area contributed by atoms with Gasteiger partial charge in [0.1, 0.15) is 12.1 Å². The molecule has 0 aliphatic rings. The second kappa shape index (κ2) is 25.3. The maximum atomic E-state index is 14.5. The number of thioether (sulfide) groups is 1. The number of carbonyl (C=O) groups is 5. The van der Waals surface area contributed by atoms with Gasteiger partial charge in [-0.2, -0.15) is 11.8 Å². The van der Waals surface area contributed by atoms with Gasteiger partial charge in [-0.05, 0) is 62.0 Å². The van der Waals surface area contributed by atoms with E-state index in [1.54, 1.807) is 0 Å². The Hall–Kier alpha value is -3.69. The van der Waals surface area contributed by atoms with E-state index in [1.165, 1.54) is 11.8 Å². The Labute approximate surface area is 295 Å². The number of Topliss-reactive ketones (excluding diaryl/α,β-unsaturated/α-hetero) is 1. The molecule has 1 aromatic carbocycles. The normalized spacial score (nSPS) is 14.1. The number of rotatable bonds is 27. The minimum atomic E-state index is -0.993. The number of hydrogen-bond acceptors (Lipinski definition) is 9. The predicted molar refractivity (Wildman–Crippen MR) is 195 cm³/mol. The average Bonchev–Trinajstić information content (AvgIpc) is 3.07. The van der Waals surface area contributed by atoms with E-state index in [1.807, 2.05) is 57.4 Å². The van der Waals surface area contributed by atoms with E-state index in [0.29, 0.717) is 57.4 Å². The molecule has 5 unspecified atom stereocenters. The first kappa shape index (κ1) is 43.3. The van der Waals surface area contributed by atoms with Crippen molar-refractivity contribution in [2.24, 2.45) is 39.9 Å². The standard InChI is InChI=1S/C34H58N8O6S/c1-5-25(26(12-9-15-39-34(36)37)31(45)38-16-18-48-17-14-35)30(44)28(21-24-10-7-6-8-11-24)41-33(47)29(20-23(2)3)42-32(46)27(40-22-43)13-19-49-4/h6-8,10-11,22-23,25-29H,5,9,12-21,35H2,1-4H3,(H,38,45)(H,40,43)(H,41,47)(H,42,46)(H4,36,37,39). The van der Waals surface area contributed by atoms with Crippen molar-refractivity contribution in [3.8, 4) is 0 Å². The van der Waals surface area contributed by atoms with Gasteiger partial charge in [0.15, 0.2) is 11.7 Å². The molecule has 0 aliphatic heterocycles. The van der Waals surface area contributed by atoms with E-state index >= 15 is 0 Å². The first-order chi connectivity index (χ1) is 23.5. The van der Waals surface area contributed by atoms with Gasteiger partial charge in [-0.25, -0.2) is 0 Å². The van der Waals surface area contributed by atoms with Crippen molar-refractivity contribution in [3.63, 3.8) is 0 Å². The molecular weight excluding hydrogens is 648 g/mol. The summed E-state index contributed by atoms with van der Waals surface area (Å²) in [7, 11) is 0. The first-order valence-electron chi connectivity index (χ1n) is 17.0. The lowest BCUT2D eigenvalue weighted by Gasteiger charge is -2.30. The molecule has 15 heteroatoms. The number of ether oxygens (including phenoxy) is 1. The third-order valence-electron chi connectivity index (χ3n) is 7.88. The molecule has 0 saturated heterocycles. The molecule has 49 heavy (non-hydrogen) atoms. The molecule has 0 fully saturated rings. The van der Waals surface area contributed by atoms with Crippen LogP contribution in [0.3, 0.4) is 0 Å². The van der Waals surface area contributed by atoms with E-state index in [2.05, 4.69) is 26.3 Å². The Morgan fingerprint density at radius 1 is 0.939 bits per heavy atom. The zero-order valence-electron chi connectivity index (χ0n) is 29.5. The molecule has 0 aromatic heterocycles. The molecule has 5 atom stereocenters. The van der Waals surface area contributed by atoms with Crippen LogP contribution in [0, 0.1) is 17.8 Å². The van der Waals surface area contributed by atoms with Gasteiger partial charge < -0.3 is 43.2 Å². The minimum Gasteiger partial charge on any atom is -0.378 e. The van der Waals surface area contributed by atoms with Crippen molar-refractivity contribution in [3.05, 3.63) is 35.9 Å². The predicted octanol–water partition coefficient (Wildman–Crippen LogP) is 0.469. The second-order valence-corrected chi connectivity index (χ2v) is 13.2. The number of guanidine groups is 1. The Morgan fingerprint density at radius 3 is 2.20 bits per heavy atom. The molecule has 4 amide bonds. The summed E-state index contributed by atoms with van der Waals surface area (Å²) in [6.07, 6.45) is 4.37. The summed E-state index contributed by atoms with van der Waals surface area (Å²) in [5, 5.41) is 11.2. The third kappa shape index (κ3) is 17.5. The third-order valence-corrected chi connectivity index (χ3v) is 8.53. The average molecular weight is 707 g/mol. The fourth-order valence-corrected chi connectivity index (χ4v) is 5.94. The Bertz CT molecular complexity index is 1170. The lowest BCUT2D eigenvalue weighted by molar-refractivity contribution is -0.137. The maximum absolute atomic E-state index is 14.5. The number of nitrogens with zero attached hydrogens (tertiary/aromatic N) is 1. The highest BCUT2D eigenvalue weighted by atomic mass is 32.2. The number of nitrogens with two attached hydrogens (primary N) is 3. The van der Waals surface area contributed by atoms with Crippen LogP contribution in [0.25, 0.3) is 0 Å². The van der Waals surface area contributed by atoms with Crippen molar-refractivity contribution < 1.29 is 28.7 Å². The summed E-state index contributed by atoms with van der Waals surface area (Å²) in [6.45, 7) is 7.20. The fourth-order valence-electron chi connectivity index (χ4n) is 5.47. The summed E-state index contributed by atoms with van der Waals surface area (Å²) in [6, 6.07) is 6.52. The van der Waals surface area contributed by atoms with Gasteiger partial charge in [-0.3, -0.25) is 29.0 Å². The van der Waals surface area contributed by atoms with Crippen LogP contribution >= 0.6 is 11.8 Å². The van der Waals surface area contributed by atoms with Crippen molar-refractivity contribution in [1.82, 2.24) is 21.3 Å². The van der Waals surface area contributed by atoms with Crippen molar-refractivity contribution in [2.45, 2.75) is 77.4 Å². The number of ketones is 1. The molecule has 1 rings (SSSR count). The fraction of sp³-hybridized carbons (Fsp3) is 0.647. The van der Waals surface area contributed by atoms with Crippen LogP contribution in [-0.4, -0.2) is 98.9 Å². The van der Waals surface area contributed by atoms with Gasteiger partial charge in [0.05, 0.1) is 19.3 Å². The molecule has 0 radical (unpaired) electrons. The van der Waals surface area contributed by atoms with Crippen LogP contribution in [0.2, 0.25) is 0 Å². The number of hydrogen-bond donors (Lipinski definition) is 7. The summed E-state index contributed by atoms with van der Waals surface area (Å²) in [5.41, 5.74) is 17.3. The van der Waals surface area contributed by atoms with Gasteiger partial charge >= 0.3 is 0 Å². The van der Waals surface area contributed by atoms with Gasteiger partial charge in [-0.15, -0.1) is 0 Å². The highest BCUT2D eigenvalue weighted by molar-refractivity contribution is 7.98. The van der Waals surface area contributed by atoms with Crippen LogP contribution in [-0.2, 0) is 35.1 Å². The molecule has 0 heterocycles. The second-order valence-electron chi connectivity index (χ2n) is 12.2. The molecule has 276 valence electrons. The van der Waals surface area contributed by atoms with Crippen LogP contribution in [0.15, 0.2) is 35.3 Å². The Balaban J connectivity index is 3.39. The lowest BCUT2D eigenvalue weighted by Crippen LogP contribution is -2.56. The molecular formula is C34H58N8O6S. The molecule has 0 aliphatic carbocycles. The molecule has 0 spiro atoms. The smallest absolute Gasteiger partial charge is 0.243 e. The van der Waals surface area contributed by atoms with Gasteiger partial charge in [-0.1, -0.05) is 51.1 Å². The summed E-state index contributed by atoms with van der Waals surface area (Å²) in [5.74, 6) is -2.48. The SMILES string of the molecule is CCC(C(=O)C(Cc1ccccc1)NC(=O)C(CC(C)C)NC(=O)C(CCSC)NC=O)C(CCCN=C(N)N)C(=O)NCCOCCN. The number of amides is 4. The zero-order valence-corrected chi connectivity index (χ0v) is 30.3. The minimum absolute atomic E-state index is 0.0264. The van der Waals surface area contributed by atoms with E-state index in [9.17, 15) is 24.0 Å². The highest BCUT2D eigenvalue weighted by Crippen LogP contribution is 2.25. The van der Waals surface area contributed by atoms with E-state index < -0.39 is 41.8 Å². The summed E-state index contributed by atoms with van der Waals surface area (Å²) >= 11 is 1.54. The van der Waals surface area contributed by atoms with E-state index in [4.69, 9.17) is 21.9 Å². The zero-order chi connectivity index (χ0) is 36.6. The van der Waals surface area contributed by atoms with Crippen LogP contribution in [0.4, 0.5) is 0 Å². The molecule has 0 saturated carbocycles. The van der Waals surface area contributed by atoms with Gasteiger partial charge in [0.25, 0.3) is 0 Å². The number of nitrogens with one attached hydrogen (secondary N) is 4. The van der Waals surface area contributed by atoms with Crippen molar-refractivity contribution >= 4 is 47.6 Å². The highest BCUT2D eigenvalue weighted by Gasteiger charge is 2.37. The maximum Gasteiger partial charge on any atom is 0.243 e. The largest absolute Gasteiger partial charge is 0.378 e. The monoisotopic (exact) mass is 706 g/mol. The van der Waals surface area contributed by atoms with E-state index in [0.717, 1.165) is 5.56 Å². The molecule has 1 aromatic rings. The van der Waals surface area contributed by atoms with Gasteiger partial charge in [0.2, 0.25) is 24.1 Å². The number of aliphatic imine (C=N–C) groups is 1. The summed E-state index contributed by atoms with van der Waals surface area (Å²) in [4.78, 5) is 70.4. The van der Waals surface area contributed by atoms with E-state index in [-0.39, 0.29) is 49.7 Å². The topological polar surface area (TPSA) is 233 Å². The Kier molecular flexibility index (Phi) is 22.4. The molecule has 14 nitrogen and oxygen atoms in total. The molecule has 10 N–H and O–H groups in total. The van der Waals surface area contributed by atoms with Crippen molar-refractivity contribution in [1.29, 1.82) is 0 Å². The van der Waals surface area contributed by atoms with Crippen LogP contribution < -0.4 is 38.5 Å². The Morgan fingerprint density at radius 2 is 1.61 bits per heavy atom.